The molecule has 0 radical (unpaired) electrons. The Hall–Kier alpha value is -3.41. The quantitative estimate of drug-likeness (QED) is 0.439. The maximum atomic E-state index is 12.7. The Bertz CT molecular complexity index is 1100. The fourth-order valence-electron chi connectivity index (χ4n) is 4.22. The Balaban J connectivity index is 1.60. The zero-order chi connectivity index (χ0) is 23.5. The maximum absolute atomic E-state index is 12.7. The second kappa shape index (κ2) is 9.22. The highest BCUT2D eigenvalue weighted by Gasteiger charge is 2.45. The summed E-state index contributed by atoms with van der Waals surface area (Å²) < 4.78 is 0. The number of carbonyl (C=O) groups is 1. The molecule has 1 aromatic heterocycles. The van der Waals surface area contributed by atoms with Gasteiger partial charge in [-0.3, -0.25) is 4.79 Å². The molecular weight excluding hydrogens is 410 g/mol. The summed E-state index contributed by atoms with van der Waals surface area (Å²) in [5.74, 6) is 1.42. The Morgan fingerprint density at radius 3 is 2.27 bits per heavy atom. The summed E-state index contributed by atoms with van der Waals surface area (Å²) in [6.07, 6.45) is 2.88. The number of nitrogens with zero attached hydrogens (tertiary/aromatic N) is 2. The summed E-state index contributed by atoms with van der Waals surface area (Å²) in [6, 6.07) is 20.2. The summed E-state index contributed by atoms with van der Waals surface area (Å²) in [4.78, 5) is 22.1. The van der Waals surface area contributed by atoms with Gasteiger partial charge in [-0.1, -0.05) is 48.9 Å². The van der Waals surface area contributed by atoms with Gasteiger partial charge in [-0.15, -0.1) is 0 Å². The molecule has 33 heavy (non-hydrogen) atoms. The van der Waals surface area contributed by atoms with Crippen LogP contribution in [-0.4, -0.2) is 28.0 Å². The first-order valence-corrected chi connectivity index (χ1v) is 11.7. The lowest BCUT2D eigenvalue weighted by Crippen LogP contribution is -2.49. The number of anilines is 3. The van der Waals surface area contributed by atoms with E-state index in [1.54, 1.807) is 0 Å². The molecule has 1 amide bonds. The molecular formula is C27H33N5O. The predicted octanol–water partition coefficient (Wildman–Crippen LogP) is 5.66. The van der Waals surface area contributed by atoms with Crippen molar-refractivity contribution < 1.29 is 4.79 Å². The number of benzene rings is 2. The lowest BCUT2D eigenvalue weighted by atomic mass is 9.64. The fourth-order valence-corrected chi connectivity index (χ4v) is 4.22. The van der Waals surface area contributed by atoms with Gasteiger partial charge in [0, 0.05) is 29.4 Å². The molecule has 6 nitrogen and oxygen atoms in total. The van der Waals surface area contributed by atoms with E-state index in [1.807, 2.05) is 67.6 Å². The van der Waals surface area contributed by atoms with E-state index < -0.39 is 0 Å². The number of hydrogen-bond acceptors (Lipinski definition) is 5. The molecule has 3 aromatic rings. The first kappa shape index (κ1) is 22.8. The molecule has 4 rings (SSSR count). The zero-order valence-corrected chi connectivity index (χ0v) is 19.9. The Labute approximate surface area is 196 Å². The summed E-state index contributed by atoms with van der Waals surface area (Å²) in [6.45, 7) is 8.93. The maximum Gasteiger partial charge on any atom is 0.230 e. The minimum absolute atomic E-state index is 0.128. The average Bonchev–Trinajstić information content (AvgIpc) is 2.74. The Kier molecular flexibility index (Phi) is 6.36. The number of likely N-dealkylation sites (N-methyl/N-ethyl adjacent to an activating group) is 1. The molecule has 1 aliphatic carbocycles. The average molecular weight is 444 g/mol. The number of aromatic nitrogens is 2. The van der Waals surface area contributed by atoms with Crippen molar-refractivity contribution in [3.8, 4) is 11.3 Å². The number of hydrogen-bond donors (Lipinski definition) is 3. The number of carbonyl (C=O) groups excluding carboxylic acids is 1. The third-order valence-corrected chi connectivity index (χ3v) is 5.97. The van der Waals surface area contributed by atoms with E-state index in [-0.39, 0.29) is 16.9 Å². The number of amides is 1. The molecule has 1 aliphatic rings. The van der Waals surface area contributed by atoms with Gasteiger partial charge in [0.05, 0.1) is 11.1 Å². The van der Waals surface area contributed by atoms with Gasteiger partial charge >= 0.3 is 0 Å². The summed E-state index contributed by atoms with van der Waals surface area (Å²) in [7, 11) is 0. The molecule has 0 bridgehead atoms. The first-order chi connectivity index (χ1) is 15.8. The van der Waals surface area contributed by atoms with Gasteiger partial charge in [-0.25, -0.2) is 4.98 Å². The van der Waals surface area contributed by atoms with E-state index in [2.05, 4.69) is 36.7 Å². The van der Waals surface area contributed by atoms with Gasteiger partial charge in [-0.05, 0) is 58.2 Å². The third kappa shape index (κ3) is 5.16. The SMILES string of the molecule is CCNC(=O)C1(c2ccc(Nc3nc(NC(C)(C)C)cc(-c4ccccc4)n3)cc2)CCC1. The van der Waals surface area contributed by atoms with Crippen molar-refractivity contribution in [1.29, 1.82) is 0 Å². The molecule has 1 heterocycles. The third-order valence-electron chi connectivity index (χ3n) is 5.97. The highest BCUT2D eigenvalue weighted by atomic mass is 16.2. The van der Waals surface area contributed by atoms with Crippen LogP contribution >= 0.6 is 0 Å². The van der Waals surface area contributed by atoms with Gasteiger partial charge in [0.15, 0.2) is 0 Å². The van der Waals surface area contributed by atoms with Crippen molar-refractivity contribution in [2.24, 2.45) is 0 Å². The lowest BCUT2D eigenvalue weighted by molar-refractivity contribution is -0.129. The monoisotopic (exact) mass is 443 g/mol. The molecule has 0 atom stereocenters. The molecule has 1 saturated carbocycles. The van der Waals surface area contributed by atoms with Crippen LogP contribution in [0.3, 0.4) is 0 Å². The van der Waals surface area contributed by atoms with Gasteiger partial charge in [0.1, 0.15) is 5.82 Å². The van der Waals surface area contributed by atoms with E-state index in [0.717, 1.165) is 47.6 Å². The molecule has 172 valence electrons. The van der Waals surface area contributed by atoms with E-state index in [1.165, 1.54) is 0 Å². The fraction of sp³-hybridized carbons (Fsp3) is 0.370. The standard InChI is InChI=1S/C27H33N5O/c1-5-28-24(33)27(16-9-17-27)20-12-14-21(15-13-20)29-25-30-22(19-10-7-6-8-11-19)18-23(31-25)32-26(2,3)4/h6-8,10-15,18H,5,9,16-17H2,1-4H3,(H,28,33)(H2,29,30,31,32). The van der Waals surface area contributed by atoms with Crippen LogP contribution in [-0.2, 0) is 10.2 Å². The number of nitrogens with one attached hydrogen (secondary N) is 3. The largest absolute Gasteiger partial charge is 0.365 e. The van der Waals surface area contributed by atoms with E-state index >= 15 is 0 Å². The second-order valence-electron chi connectivity index (χ2n) is 9.70. The predicted molar refractivity (Wildman–Crippen MR) is 135 cm³/mol. The summed E-state index contributed by atoms with van der Waals surface area (Å²) in [5.41, 5.74) is 3.32. The minimum atomic E-state index is -0.387. The molecule has 0 aliphatic heterocycles. The van der Waals surface area contributed by atoms with Crippen LogP contribution in [0.25, 0.3) is 11.3 Å². The van der Waals surface area contributed by atoms with Crippen LogP contribution in [0.5, 0.6) is 0 Å². The van der Waals surface area contributed by atoms with E-state index in [4.69, 9.17) is 9.97 Å². The van der Waals surface area contributed by atoms with Crippen LogP contribution in [0.2, 0.25) is 0 Å². The Morgan fingerprint density at radius 2 is 1.70 bits per heavy atom. The zero-order valence-electron chi connectivity index (χ0n) is 19.9. The summed E-state index contributed by atoms with van der Waals surface area (Å²) in [5, 5.41) is 9.80. The molecule has 3 N–H and O–H groups in total. The molecule has 2 aromatic carbocycles. The van der Waals surface area contributed by atoms with E-state index in [0.29, 0.717) is 12.5 Å². The lowest BCUT2D eigenvalue weighted by Gasteiger charge is -2.40. The molecule has 0 saturated heterocycles. The van der Waals surface area contributed by atoms with Crippen molar-refractivity contribution in [3.05, 3.63) is 66.2 Å². The van der Waals surface area contributed by atoms with Crippen LogP contribution in [0.15, 0.2) is 60.7 Å². The van der Waals surface area contributed by atoms with Crippen molar-refractivity contribution in [1.82, 2.24) is 15.3 Å². The minimum Gasteiger partial charge on any atom is -0.365 e. The Morgan fingerprint density at radius 1 is 1.00 bits per heavy atom. The normalized spacial score (nSPS) is 14.8. The van der Waals surface area contributed by atoms with Crippen LogP contribution in [0, 0.1) is 0 Å². The van der Waals surface area contributed by atoms with Gasteiger partial charge in [0.2, 0.25) is 11.9 Å². The van der Waals surface area contributed by atoms with Crippen molar-refractivity contribution in [2.45, 2.75) is 57.9 Å². The molecule has 0 unspecified atom stereocenters. The van der Waals surface area contributed by atoms with Crippen molar-refractivity contribution in [3.63, 3.8) is 0 Å². The second-order valence-corrected chi connectivity index (χ2v) is 9.70. The van der Waals surface area contributed by atoms with Crippen LogP contribution < -0.4 is 16.0 Å². The van der Waals surface area contributed by atoms with E-state index in [9.17, 15) is 4.79 Å². The smallest absolute Gasteiger partial charge is 0.230 e. The van der Waals surface area contributed by atoms with Crippen molar-refractivity contribution >= 4 is 23.4 Å². The topological polar surface area (TPSA) is 78.9 Å². The summed E-state index contributed by atoms with van der Waals surface area (Å²) >= 11 is 0. The molecule has 1 fully saturated rings. The highest BCUT2D eigenvalue weighted by molar-refractivity contribution is 5.89. The first-order valence-electron chi connectivity index (χ1n) is 11.7. The van der Waals surface area contributed by atoms with Gasteiger partial charge in [0.25, 0.3) is 0 Å². The van der Waals surface area contributed by atoms with Gasteiger partial charge in [-0.2, -0.15) is 4.98 Å². The molecule has 0 spiro atoms. The molecule has 6 heteroatoms. The highest BCUT2D eigenvalue weighted by Crippen LogP contribution is 2.44. The van der Waals surface area contributed by atoms with Crippen molar-refractivity contribution in [2.75, 3.05) is 17.2 Å². The van der Waals surface area contributed by atoms with Gasteiger partial charge < -0.3 is 16.0 Å². The van der Waals surface area contributed by atoms with Crippen LogP contribution in [0.4, 0.5) is 17.5 Å². The number of rotatable bonds is 7. The van der Waals surface area contributed by atoms with Crippen LogP contribution in [0.1, 0.15) is 52.5 Å².